The molecule has 1 aliphatic rings. The smallest absolute Gasteiger partial charge is 0.337 e. The number of hydrogen-bond donors (Lipinski definition) is 1. The van der Waals surface area contributed by atoms with E-state index in [1.165, 1.54) is 0 Å². The standard InChI is InChI=1S/C11H12O4/c12-10-9(7-15-11(10)13)14-6-8-4-2-1-3-5-8/h1-5,9-10,12H,6-7H2/t9-,10-/m1/s1. The number of rotatable bonds is 3. The van der Waals surface area contributed by atoms with Crippen molar-refractivity contribution in [2.45, 2.75) is 18.8 Å². The van der Waals surface area contributed by atoms with Crippen molar-refractivity contribution in [2.24, 2.45) is 0 Å². The van der Waals surface area contributed by atoms with Gasteiger partial charge >= 0.3 is 5.97 Å². The summed E-state index contributed by atoms with van der Waals surface area (Å²) in [6, 6.07) is 9.57. The molecule has 0 aliphatic carbocycles. The highest BCUT2D eigenvalue weighted by atomic mass is 16.6. The summed E-state index contributed by atoms with van der Waals surface area (Å²) in [5.41, 5.74) is 1.00. The van der Waals surface area contributed by atoms with Gasteiger partial charge in [0.15, 0.2) is 6.10 Å². The second kappa shape index (κ2) is 4.42. The van der Waals surface area contributed by atoms with Gasteiger partial charge in [0.2, 0.25) is 0 Å². The molecule has 1 saturated heterocycles. The number of carbonyl (C=O) groups excluding carboxylic acids is 1. The monoisotopic (exact) mass is 208 g/mol. The predicted molar refractivity (Wildman–Crippen MR) is 52.0 cm³/mol. The molecule has 0 bridgehead atoms. The summed E-state index contributed by atoms with van der Waals surface area (Å²) in [6.45, 7) is 0.506. The molecule has 1 heterocycles. The van der Waals surface area contributed by atoms with E-state index < -0.39 is 18.2 Å². The fourth-order valence-corrected chi connectivity index (χ4v) is 1.41. The normalized spacial score (nSPS) is 25.3. The quantitative estimate of drug-likeness (QED) is 0.734. The van der Waals surface area contributed by atoms with Gasteiger partial charge in [0.25, 0.3) is 0 Å². The van der Waals surface area contributed by atoms with Gasteiger partial charge in [-0.1, -0.05) is 30.3 Å². The lowest BCUT2D eigenvalue weighted by atomic mass is 10.2. The van der Waals surface area contributed by atoms with Gasteiger partial charge in [-0.3, -0.25) is 0 Å². The van der Waals surface area contributed by atoms with Gasteiger partial charge in [0.05, 0.1) is 6.61 Å². The molecule has 4 nitrogen and oxygen atoms in total. The van der Waals surface area contributed by atoms with Gasteiger partial charge in [-0.25, -0.2) is 4.79 Å². The van der Waals surface area contributed by atoms with Crippen LogP contribution < -0.4 is 0 Å². The van der Waals surface area contributed by atoms with E-state index in [9.17, 15) is 9.90 Å². The Morgan fingerprint density at radius 3 is 2.73 bits per heavy atom. The minimum atomic E-state index is -1.14. The Labute approximate surface area is 87.4 Å². The minimum Gasteiger partial charge on any atom is -0.461 e. The van der Waals surface area contributed by atoms with Gasteiger partial charge in [-0.05, 0) is 5.56 Å². The summed E-state index contributed by atoms with van der Waals surface area (Å²) in [6.07, 6.45) is -1.69. The molecule has 2 atom stereocenters. The third-order valence-corrected chi connectivity index (χ3v) is 2.29. The number of carbonyl (C=O) groups is 1. The third-order valence-electron chi connectivity index (χ3n) is 2.29. The van der Waals surface area contributed by atoms with Crippen molar-refractivity contribution in [1.29, 1.82) is 0 Å². The number of aliphatic hydroxyl groups excluding tert-OH is 1. The first kappa shape index (κ1) is 10.1. The topological polar surface area (TPSA) is 55.8 Å². The second-order valence-corrected chi connectivity index (χ2v) is 3.41. The van der Waals surface area contributed by atoms with Crippen molar-refractivity contribution in [2.75, 3.05) is 6.61 Å². The molecule has 1 aromatic carbocycles. The van der Waals surface area contributed by atoms with Gasteiger partial charge in [-0.15, -0.1) is 0 Å². The molecule has 0 amide bonds. The van der Waals surface area contributed by atoms with Crippen molar-refractivity contribution >= 4 is 5.97 Å². The Kier molecular flexibility index (Phi) is 2.99. The summed E-state index contributed by atoms with van der Waals surface area (Å²) < 4.78 is 10.0. The average molecular weight is 208 g/mol. The summed E-state index contributed by atoms with van der Waals surface area (Å²) in [7, 11) is 0. The van der Waals surface area contributed by atoms with Crippen LogP contribution in [0.5, 0.6) is 0 Å². The van der Waals surface area contributed by atoms with Gasteiger partial charge in [0.1, 0.15) is 12.7 Å². The van der Waals surface area contributed by atoms with E-state index in [4.69, 9.17) is 4.74 Å². The molecular formula is C11H12O4. The van der Waals surface area contributed by atoms with Gasteiger partial charge in [-0.2, -0.15) is 0 Å². The molecule has 0 aromatic heterocycles. The van der Waals surface area contributed by atoms with Crippen molar-refractivity contribution in [3.63, 3.8) is 0 Å². The van der Waals surface area contributed by atoms with Crippen LogP contribution in [0.1, 0.15) is 5.56 Å². The zero-order chi connectivity index (χ0) is 10.7. The van der Waals surface area contributed by atoms with Crippen molar-refractivity contribution < 1.29 is 19.4 Å². The van der Waals surface area contributed by atoms with Crippen LogP contribution in [0.4, 0.5) is 0 Å². The minimum absolute atomic E-state index is 0.132. The first-order chi connectivity index (χ1) is 7.27. The van der Waals surface area contributed by atoms with Gasteiger partial charge in [0, 0.05) is 0 Å². The average Bonchev–Trinajstić information content (AvgIpc) is 2.59. The first-order valence-electron chi connectivity index (χ1n) is 4.77. The maximum Gasteiger partial charge on any atom is 0.337 e. The Balaban J connectivity index is 1.87. The molecule has 1 N–H and O–H groups in total. The molecule has 1 aliphatic heterocycles. The summed E-state index contributed by atoms with van der Waals surface area (Å²) >= 11 is 0. The van der Waals surface area contributed by atoms with Crippen LogP contribution in [0.25, 0.3) is 0 Å². The van der Waals surface area contributed by atoms with Crippen molar-refractivity contribution in [3.8, 4) is 0 Å². The van der Waals surface area contributed by atoms with Crippen molar-refractivity contribution in [3.05, 3.63) is 35.9 Å². The summed E-state index contributed by atoms with van der Waals surface area (Å²) in [5.74, 6) is -0.604. The molecule has 0 radical (unpaired) electrons. The van der Waals surface area contributed by atoms with Crippen LogP contribution in [0.3, 0.4) is 0 Å². The van der Waals surface area contributed by atoms with Crippen LogP contribution in [-0.2, 0) is 20.9 Å². The Hall–Kier alpha value is -1.39. The molecule has 80 valence electrons. The van der Waals surface area contributed by atoms with Crippen LogP contribution >= 0.6 is 0 Å². The number of hydrogen-bond acceptors (Lipinski definition) is 4. The van der Waals surface area contributed by atoms with Crippen LogP contribution in [0.2, 0.25) is 0 Å². The van der Waals surface area contributed by atoms with Gasteiger partial charge < -0.3 is 14.6 Å². The highest BCUT2D eigenvalue weighted by Gasteiger charge is 2.35. The fourth-order valence-electron chi connectivity index (χ4n) is 1.41. The van der Waals surface area contributed by atoms with E-state index in [2.05, 4.69) is 4.74 Å². The van der Waals surface area contributed by atoms with E-state index in [-0.39, 0.29) is 6.61 Å². The van der Waals surface area contributed by atoms with Crippen molar-refractivity contribution in [1.82, 2.24) is 0 Å². The molecule has 1 aromatic rings. The molecule has 0 unspecified atom stereocenters. The SMILES string of the molecule is O=C1OC[C@@H](OCc2ccccc2)[C@H]1O. The molecule has 15 heavy (non-hydrogen) atoms. The number of benzene rings is 1. The third kappa shape index (κ3) is 2.34. The summed E-state index contributed by atoms with van der Waals surface area (Å²) in [4.78, 5) is 10.8. The highest BCUT2D eigenvalue weighted by molar-refractivity contribution is 5.77. The van der Waals surface area contributed by atoms with Crippen LogP contribution in [0, 0.1) is 0 Å². The Bertz CT molecular complexity index is 336. The van der Waals surface area contributed by atoms with E-state index in [1.807, 2.05) is 30.3 Å². The zero-order valence-electron chi connectivity index (χ0n) is 8.13. The lowest BCUT2D eigenvalue weighted by Gasteiger charge is -2.11. The molecule has 2 rings (SSSR count). The lowest BCUT2D eigenvalue weighted by Crippen LogP contribution is -2.29. The zero-order valence-corrected chi connectivity index (χ0v) is 8.13. The number of esters is 1. The van der Waals surface area contributed by atoms with E-state index in [1.54, 1.807) is 0 Å². The number of cyclic esters (lactones) is 1. The maximum absolute atomic E-state index is 10.8. The maximum atomic E-state index is 10.8. The Morgan fingerprint density at radius 2 is 2.13 bits per heavy atom. The largest absolute Gasteiger partial charge is 0.461 e. The lowest BCUT2D eigenvalue weighted by molar-refractivity contribution is -0.145. The van der Waals surface area contributed by atoms with Crippen LogP contribution in [-0.4, -0.2) is 29.9 Å². The van der Waals surface area contributed by atoms with E-state index in [0.29, 0.717) is 6.61 Å². The molecule has 1 fully saturated rings. The second-order valence-electron chi connectivity index (χ2n) is 3.41. The fraction of sp³-hybridized carbons (Fsp3) is 0.364. The molecule has 4 heteroatoms. The highest BCUT2D eigenvalue weighted by Crippen LogP contribution is 2.13. The number of ether oxygens (including phenoxy) is 2. The Morgan fingerprint density at radius 1 is 1.40 bits per heavy atom. The van der Waals surface area contributed by atoms with Crippen LogP contribution in [0.15, 0.2) is 30.3 Å². The predicted octanol–water partition coefficient (Wildman–Crippen LogP) is 0.489. The van der Waals surface area contributed by atoms with E-state index in [0.717, 1.165) is 5.56 Å². The molecule has 0 saturated carbocycles. The number of aliphatic hydroxyl groups is 1. The van der Waals surface area contributed by atoms with E-state index >= 15 is 0 Å². The summed E-state index contributed by atoms with van der Waals surface area (Å²) in [5, 5.41) is 9.34. The molecule has 0 spiro atoms. The first-order valence-corrected chi connectivity index (χ1v) is 4.77. The molecular weight excluding hydrogens is 196 g/mol.